The Balaban J connectivity index is 2.20. The lowest BCUT2D eigenvalue weighted by atomic mass is 9.82. The zero-order valence-electron chi connectivity index (χ0n) is 13.1. The molecule has 6 nitrogen and oxygen atoms in total. The van der Waals surface area contributed by atoms with Crippen molar-refractivity contribution in [3.8, 4) is 0 Å². The third-order valence-electron chi connectivity index (χ3n) is 4.55. The van der Waals surface area contributed by atoms with Gasteiger partial charge in [0.25, 0.3) is 5.91 Å². The van der Waals surface area contributed by atoms with Crippen LogP contribution >= 0.6 is 0 Å². The maximum Gasteiger partial charge on any atom is 0.251 e. The Bertz CT molecular complexity index is 474. The predicted molar refractivity (Wildman–Crippen MR) is 76.4 cm³/mol. The number of aliphatic hydroxyl groups is 1. The first-order valence-electron chi connectivity index (χ1n) is 7.53. The molecule has 2 heterocycles. The highest BCUT2D eigenvalue weighted by molar-refractivity contribution is 6.00. The second-order valence-electron chi connectivity index (χ2n) is 6.51. The van der Waals surface area contributed by atoms with Gasteiger partial charge in [0.1, 0.15) is 11.6 Å². The number of amides is 2. The fraction of sp³-hybridized carbons (Fsp3) is 0.800. The minimum Gasteiger partial charge on any atom is -0.391 e. The molecule has 2 aliphatic heterocycles. The van der Waals surface area contributed by atoms with Crippen molar-refractivity contribution in [2.24, 2.45) is 5.92 Å². The smallest absolute Gasteiger partial charge is 0.251 e. The Kier molecular flexibility index (Phi) is 4.10. The molecule has 0 aliphatic carbocycles. The Morgan fingerprint density at radius 2 is 1.90 bits per heavy atom. The number of likely N-dealkylation sites (tertiary alicyclic amines) is 2. The Labute approximate surface area is 125 Å². The van der Waals surface area contributed by atoms with E-state index in [1.807, 2.05) is 13.8 Å². The molecule has 118 valence electrons. The van der Waals surface area contributed by atoms with Crippen LogP contribution in [0.2, 0.25) is 0 Å². The molecule has 2 amide bonds. The number of rotatable bonds is 4. The molecule has 0 aromatic heterocycles. The molecule has 0 aromatic carbocycles. The van der Waals surface area contributed by atoms with Gasteiger partial charge in [0.15, 0.2) is 5.78 Å². The second-order valence-corrected chi connectivity index (χ2v) is 6.51. The summed E-state index contributed by atoms with van der Waals surface area (Å²) in [6, 6.07) is -0.806. The minimum absolute atomic E-state index is 0.0167. The van der Waals surface area contributed by atoms with Gasteiger partial charge in [-0.05, 0) is 26.7 Å². The van der Waals surface area contributed by atoms with E-state index in [0.29, 0.717) is 19.5 Å². The van der Waals surface area contributed by atoms with Crippen LogP contribution in [0.3, 0.4) is 0 Å². The SMILES string of the molecule is CC(=O)C(C(C)O)N1CC2(CCCN2C(=O)C(C)C)C1=O. The van der Waals surface area contributed by atoms with Crippen molar-refractivity contribution in [2.45, 2.75) is 58.2 Å². The Morgan fingerprint density at radius 1 is 1.29 bits per heavy atom. The lowest BCUT2D eigenvalue weighted by Crippen LogP contribution is -2.76. The van der Waals surface area contributed by atoms with Crippen molar-refractivity contribution in [1.29, 1.82) is 0 Å². The molecular weight excluding hydrogens is 272 g/mol. The van der Waals surface area contributed by atoms with Crippen LogP contribution < -0.4 is 0 Å². The zero-order valence-corrected chi connectivity index (χ0v) is 13.1. The summed E-state index contributed by atoms with van der Waals surface area (Å²) < 4.78 is 0. The molecule has 3 unspecified atom stereocenters. The maximum atomic E-state index is 12.6. The van der Waals surface area contributed by atoms with Crippen molar-refractivity contribution in [2.75, 3.05) is 13.1 Å². The molecule has 2 saturated heterocycles. The molecule has 0 saturated carbocycles. The van der Waals surface area contributed by atoms with Crippen LogP contribution in [0.25, 0.3) is 0 Å². The summed E-state index contributed by atoms with van der Waals surface area (Å²) in [6.07, 6.45) is 0.544. The van der Waals surface area contributed by atoms with Gasteiger partial charge < -0.3 is 14.9 Å². The quantitative estimate of drug-likeness (QED) is 0.751. The number of ketones is 1. The van der Waals surface area contributed by atoms with Gasteiger partial charge in [0.05, 0.1) is 12.6 Å². The highest BCUT2D eigenvalue weighted by Gasteiger charge is 2.61. The standard InChI is InChI=1S/C15H24N2O4/c1-9(2)13(20)17-7-5-6-15(17)8-16(14(15)21)12(10(3)18)11(4)19/h9-10,12,18H,5-8H2,1-4H3. The van der Waals surface area contributed by atoms with Gasteiger partial charge in [-0.25, -0.2) is 0 Å². The first kappa shape index (κ1) is 15.9. The van der Waals surface area contributed by atoms with E-state index in [9.17, 15) is 19.5 Å². The van der Waals surface area contributed by atoms with Crippen LogP contribution in [-0.4, -0.2) is 63.3 Å². The summed E-state index contributed by atoms with van der Waals surface area (Å²) in [7, 11) is 0. The monoisotopic (exact) mass is 296 g/mol. The van der Waals surface area contributed by atoms with Crippen molar-refractivity contribution in [3.63, 3.8) is 0 Å². The normalized spacial score (nSPS) is 28.0. The number of aliphatic hydroxyl groups excluding tert-OH is 1. The number of β-lactam (4-membered cyclic amide) rings is 1. The van der Waals surface area contributed by atoms with Gasteiger partial charge in [-0.3, -0.25) is 14.4 Å². The Morgan fingerprint density at radius 3 is 2.33 bits per heavy atom. The van der Waals surface area contributed by atoms with Crippen LogP contribution in [-0.2, 0) is 14.4 Å². The third kappa shape index (κ3) is 2.35. The predicted octanol–water partition coefficient (Wildman–Crippen LogP) is 0.184. The number of hydrogen-bond acceptors (Lipinski definition) is 4. The molecule has 2 fully saturated rings. The minimum atomic E-state index is -0.903. The fourth-order valence-corrected chi connectivity index (χ4v) is 3.54. The molecule has 2 rings (SSSR count). The van der Waals surface area contributed by atoms with Gasteiger partial charge in [0, 0.05) is 12.5 Å². The van der Waals surface area contributed by atoms with Gasteiger partial charge in [-0.15, -0.1) is 0 Å². The number of hydrogen-bond donors (Lipinski definition) is 1. The van der Waals surface area contributed by atoms with Crippen molar-refractivity contribution >= 4 is 17.6 Å². The number of nitrogens with zero attached hydrogens (tertiary/aromatic N) is 2. The highest BCUT2D eigenvalue weighted by Crippen LogP contribution is 2.41. The summed E-state index contributed by atoms with van der Waals surface area (Å²) in [5.74, 6) is -0.595. The molecule has 0 bridgehead atoms. The molecule has 0 radical (unpaired) electrons. The lowest BCUT2D eigenvalue weighted by Gasteiger charge is -2.54. The molecule has 6 heteroatoms. The molecule has 0 aromatic rings. The zero-order chi connectivity index (χ0) is 15.9. The summed E-state index contributed by atoms with van der Waals surface area (Å²) in [5, 5.41) is 9.74. The van der Waals surface area contributed by atoms with Crippen LogP contribution in [0.15, 0.2) is 0 Å². The maximum absolute atomic E-state index is 12.6. The van der Waals surface area contributed by atoms with Crippen LogP contribution in [0.5, 0.6) is 0 Å². The van der Waals surface area contributed by atoms with E-state index in [0.717, 1.165) is 6.42 Å². The van der Waals surface area contributed by atoms with Gasteiger partial charge in [-0.2, -0.15) is 0 Å². The topological polar surface area (TPSA) is 77.9 Å². The van der Waals surface area contributed by atoms with Crippen LogP contribution in [0.1, 0.15) is 40.5 Å². The highest BCUT2D eigenvalue weighted by atomic mass is 16.3. The van der Waals surface area contributed by atoms with Gasteiger partial charge in [0.2, 0.25) is 5.91 Å². The lowest BCUT2D eigenvalue weighted by molar-refractivity contribution is -0.176. The molecule has 1 N–H and O–H groups in total. The van der Waals surface area contributed by atoms with Crippen molar-refractivity contribution in [1.82, 2.24) is 9.80 Å². The van der Waals surface area contributed by atoms with Crippen molar-refractivity contribution in [3.05, 3.63) is 0 Å². The van der Waals surface area contributed by atoms with E-state index in [1.54, 1.807) is 4.90 Å². The van der Waals surface area contributed by atoms with E-state index < -0.39 is 17.7 Å². The first-order chi connectivity index (χ1) is 9.72. The second kappa shape index (κ2) is 5.40. The van der Waals surface area contributed by atoms with Crippen LogP contribution in [0.4, 0.5) is 0 Å². The summed E-state index contributed by atoms with van der Waals surface area (Å²) >= 11 is 0. The van der Waals surface area contributed by atoms with E-state index in [-0.39, 0.29) is 23.5 Å². The Hall–Kier alpha value is -1.43. The van der Waals surface area contributed by atoms with Crippen LogP contribution in [0, 0.1) is 5.92 Å². The molecular formula is C15H24N2O4. The van der Waals surface area contributed by atoms with Crippen molar-refractivity contribution < 1.29 is 19.5 Å². The van der Waals surface area contributed by atoms with E-state index in [4.69, 9.17) is 0 Å². The molecule has 2 aliphatic rings. The van der Waals surface area contributed by atoms with Gasteiger partial charge >= 0.3 is 0 Å². The number of carbonyl (C=O) groups is 3. The van der Waals surface area contributed by atoms with E-state index >= 15 is 0 Å². The van der Waals surface area contributed by atoms with E-state index in [1.165, 1.54) is 18.7 Å². The first-order valence-corrected chi connectivity index (χ1v) is 7.53. The average molecular weight is 296 g/mol. The largest absolute Gasteiger partial charge is 0.391 e. The summed E-state index contributed by atoms with van der Waals surface area (Å²) in [6.45, 7) is 7.47. The summed E-state index contributed by atoms with van der Waals surface area (Å²) in [4.78, 5) is 39.7. The molecule has 1 spiro atoms. The number of carbonyl (C=O) groups excluding carboxylic acids is 3. The average Bonchev–Trinajstić information content (AvgIpc) is 2.82. The third-order valence-corrected chi connectivity index (χ3v) is 4.55. The summed E-state index contributed by atoms with van der Waals surface area (Å²) in [5.41, 5.74) is -0.774. The molecule has 3 atom stereocenters. The molecule has 21 heavy (non-hydrogen) atoms. The number of Topliss-reactive ketones (excluding diaryl/α,β-unsaturated/α-hetero) is 1. The van der Waals surface area contributed by atoms with Gasteiger partial charge in [-0.1, -0.05) is 13.8 Å². The fourth-order valence-electron chi connectivity index (χ4n) is 3.54. The van der Waals surface area contributed by atoms with E-state index in [2.05, 4.69) is 0 Å².